The normalized spacial score (nSPS) is 10.5. The lowest BCUT2D eigenvalue weighted by Gasteiger charge is -2.09. The minimum absolute atomic E-state index is 0.233. The molecular weight excluding hydrogens is 354 g/mol. The van der Waals surface area contributed by atoms with Gasteiger partial charge >= 0.3 is 5.97 Å². The van der Waals surface area contributed by atoms with Gasteiger partial charge in [-0.1, -0.05) is 24.3 Å². The fourth-order valence-corrected chi connectivity index (χ4v) is 4.23. The Balaban J connectivity index is 1.97. The van der Waals surface area contributed by atoms with Crippen LogP contribution in [0, 0.1) is 6.92 Å². The van der Waals surface area contributed by atoms with E-state index in [4.69, 9.17) is 4.74 Å². The Morgan fingerprint density at radius 1 is 1.12 bits per heavy atom. The third kappa shape index (κ3) is 3.65. The maximum absolute atomic E-state index is 12.6. The van der Waals surface area contributed by atoms with Crippen LogP contribution < -0.4 is 5.32 Å². The van der Waals surface area contributed by atoms with E-state index in [0.29, 0.717) is 16.1 Å². The lowest BCUT2D eigenvalue weighted by molar-refractivity contribution is 0.0529. The summed E-state index contributed by atoms with van der Waals surface area (Å²) >= 11 is 2.87. The van der Waals surface area contributed by atoms with Crippen LogP contribution in [0.1, 0.15) is 33.2 Å². The Bertz CT molecular complexity index is 897. The Morgan fingerprint density at radius 3 is 2.60 bits per heavy atom. The first kappa shape index (κ1) is 17.4. The smallest absolute Gasteiger partial charge is 0.341 e. The number of carbonyl (C=O) groups is 2. The molecule has 0 saturated carbocycles. The third-order valence-corrected chi connectivity index (χ3v) is 5.47. The van der Waals surface area contributed by atoms with Crippen LogP contribution in [0.5, 0.6) is 0 Å². The molecule has 0 aliphatic rings. The van der Waals surface area contributed by atoms with Crippen molar-refractivity contribution >= 4 is 39.6 Å². The SMILES string of the molecule is CCOC(=O)c1c(-c2cccs2)csc1NC(=O)c1ccccc1C. The summed E-state index contributed by atoms with van der Waals surface area (Å²) in [5.41, 5.74) is 2.67. The second-order valence-corrected chi connectivity index (χ2v) is 7.15. The molecule has 0 aliphatic carbocycles. The number of aryl methyl sites for hydroxylation is 1. The van der Waals surface area contributed by atoms with E-state index in [0.717, 1.165) is 16.0 Å². The van der Waals surface area contributed by atoms with E-state index in [2.05, 4.69) is 5.32 Å². The molecule has 0 bridgehead atoms. The molecule has 4 nitrogen and oxygen atoms in total. The molecule has 0 spiro atoms. The molecule has 128 valence electrons. The largest absolute Gasteiger partial charge is 0.462 e. The summed E-state index contributed by atoms with van der Waals surface area (Å²) in [4.78, 5) is 26.0. The van der Waals surface area contributed by atoms with Crippen molar-refractivity contribution in [2.45, 2.75) is 13.8 Å². The number of amides is 1. The molecule has 3 aromatic rings. The van der Waals surface area contributed by atoms with Crippen LogP contribution >= 0.6 is 22.7 Å². The van der Waals surface area contributed by atoms with E-state index in [1.165, 1.54) is 11.3 Å². The predicted octanol–water partition coefficient (Wildman–Crippen LogP) is 5.21. The summed E-state index contributed by atoms with van der Waals surface area (Å²) < 4.78 is 5.20. The van der Waals surface area contributed by atoms with Gasteiger partial charge in [0, 0.05) is 21.4 Å². The van der Waals surface area contributed by atoms with E-state index in [1.807, 2.05) is 48.0 Å². The van der Waals surface area contributed by atoms with Crippen LogP contribution in [0.4, 0.5) is 5.00 Å². The highest BCUT2D eigenvalue weighted by molar-refractivity contribution is 7.17. The van der Waals surface area contributed by atoms with Crippen molar-refractivity contribution in [1.82, 2.24) is 0 Å². The van der Waals surface area contributed by atoms with Gasteiger partial charge in [-0.2, -0.15) is 0 Å². The molecule has 0 saturated heterocycles. The first-order valence-electron chi connectivity index (χ1n) is 7.81. The average molecular weight is 371 g/mol. The number of benzene rings is 1. The maximum Gasteiger partial charge on any atom is 0.341 e. The molecule has 1 amide bonds. The van der Waals surface area contributed by atoms with Gasteiger partial charge in [0.2, 0.25) is 0 Å². The van der Waals surface area contributed by atoms with E-state index in [9.17, 15) is 9.59 Å². The Kier molecular flexibility index (Phi) is 5.31. The summed E-state index contributed by atoms with van der Waals surface area (Å²) in [5.74, 6) is -0.657. The predicted molar refractivity (Wildman–Crippen MR) is 103 cm³/mol. The number of carbonyl (C=O) groups excluding carboxylic acids is 2. The summed E-state index contributed by atoms with van der Waals surface area (Å²) in [6, 6.07) is 11.2. The van der Waals surface area contributed by atoms with Crippen LogP contribution in [0.2, 0.25) is 0 Å². The van der Waals surface area contributed by atoms with Crippen molar-refractivity contribution in [1.29, 1.82) is 0 Å². The van der Waals surface area contributed by atoms with E-state index < -0.39 is 5.97 Å². The monoisotopic (exact) mass is 371 g/mol. The Morgan fingerprint density at radius 2 is 1.92 bits per heavy atom. The molecule has 0 atom stereocenters. The molecule has 2 aromatic heterocycles. The van der Waals surface area contributed by atoms with Gasteiger partial charge in [0.25, 0.3) is 5.91 Å². The summed E-state index contributed by atoms with van der Waals surface area (Å²) in [6.45, 7) is 3.93. The van der Waals surface area contributed by atoms with E-state index in [-0.39, 0.29) is 12.5 Å². The lowest BCUT2D eigenvalue weighted by Crippen LogP contribution is -2.15. The molecule has 0 unspecified atom stereocenters. The molecule has 25 heavy (non-hydrogen) atoms. The Labute approximate surface area is 154 Å². The lowest BCUT2D eigenvalue weighted by atomic mass is 10.1. The van der Waals surface area contributed by atoms with Crippen molar-refractivity contribution in [3.05, 3.63) is 63.8 Å². The van der Waals surface area contributed by atoms with Crippen molar-refractivity contribution in [2.24, 2.45) is 0 Å². The zero-order valence-electron chi connectivity index (χ0n) is 13.9. The quantitative estimate of drug-likeness (QED) is 0.626. The van der Waals surface area contributed by atoms with E-state index in [1.54, 1.807) is 24.3 Å². The van der Waals surface area contributed by atoms with Crippen molar-refractivity contribution in [3.8, 4) is 10.4 Å². The van der Waals surface area contributed by atoms with Gasteiger partial charge in [-0.3, -0.25) is 4.79 Å². The topological polar surface area (TPSA) is 55.4 Å². The molecule has 6 heteroatoms. The van der Waals surface area contributed by atoms with Gasteiger partial charge < -0.3 is 10.1 Å². The molecule has 0 radical (unpaired) electrons. The molecule has 1 aromatic carbocycles. The summed E-state index contributed by atoms with van der Waals surface area (Å²) in [7, 11) is 0. The van der Waals surface area contributed by atoms with Gasteiger partial charge in [-0.05, 0) is 36.9 Å². The number of rotatable bonds is 5. The minimum atomic E-state index is -0.424. The second-order valence-electron chi connectivity index (χ2n) is 5.32. The highest BCUT2D eigenvalue weighted by atomic mass is 32.1. The van der Waals surface area contributed by atoms with Crippen molar-refractivity contribution in [3.63, 3.8) is 0 Å². The van der Waals surface area contributed by atoms with Crippen molar-refractivity contribution < 1.29 is 14.3 Å². The number of ether oxygens (including phenoxy) is 1. The van der Waals surface area contributed by atoms with Gasteiger partial charge in [0.15, 0.2) is 0 Å². The number of thiophene rings is 2. The number of nitrogens with one attached hydrogen (secondary N) is 1. The fraction of sp³-hybridized carbons (Fsp3) is 0.158. The van der Waals surface area contributed by atoms with Gasteiger partial charge in [-0.15, -0.1) is 22.7 Å². The van der Waals surface area contributed by atoms with Crippen LogP contribution in [0.15, 0.2) is 47.2 Å². The van der Waals surface area contributed by atoms with Crippen LogP contribution in [-0.4, -0.2) is 18.5 Å². The standard InChI is InChI=1S/C19H17NO3S2/c1-3-23-19(22)16-14(15-9-6-10-24-15)11-25-18(16)20-17(21)13-8-5-4-7-12(13)2/h4-11H,3H2,1-2H3,(H,20,21). The highest BCUT2D eigenvalue weighted by Crippen LogP contribution is 2.38. The summed E-state index contributed by atoms with van der Waals surface area (Å²) in [5, 5.41) is 7.21. The first-order valence-corrected chi connectivity index (χ1v) is 9.57. The van der Waals surface area contributed by atoms with Gasteiger partial charge in [0.1, 0.15) is 10.6 Å². The number of anilines is 1. The maximum atomic E-state index is 12.6. The molecule has 2 heterocycles. The highest BCUT2D eigenvalue weighted by Gasteiger charge is 2.23. The molecule has 3 rings (SSSR count). The molecule has 1 N–H and O–H groups in total. The van der Waals surface area contributed by atoms with Crippen molar-refractivity contribution in [2.75, 3.05) is 11.9 Å². The van der Waals surface area contributed by atoms with Crippen LogP contribution in [0.3, 0.4) is 0 Å². The second kappa shape index (κ2) is 7.63. The zero-order valence-corrected chi connectivity index (χ0v) is 15.5. The zero-order chi connectivity index (χ0) is 17.8. The Hall–Kier alpha value is -2.44. The first-order chi connectivity index (χ1) is 12.1. The number of hydrogen-bond donors (Lipinski definition) is 1. The summed E-state index contributed by atoms with van der Waals surface area (Å²) in [6.07, 6.45) is 0. The number of hydrogen-bond acceptors (Lipinski definition) is 5. The average Bonchev–Trinajstić information content (AvgIpc) is 3.24. The van der Waals surface area contributed by atoms with Crippen LogP contribution in [0.25, 0.3) is 10.4 Å². The van der Waals surface area contributed by atoms with Crippen LogP contribution in [-0.2, 0) is 4.74 Å². The minimum Gasteiger partial charge on any atom is -0.462 e. The number of esters is 1. The molecular formula is C19H17NO3S2. The molecule has 0 aliphatic heterocycles. The van der Waals surface area contributed by atoms with Gasteiger partial charge in [-0.25, -0.2) is 4.79 Å². The fourth-order valence-electron chi connectivity index (χ4n) is 2.47. The van der Waals surface area contributed by atoms with Gasteiger partial charge in [0.05, 0.1) is 6.61 Å². The van der Waals surface area contributed by atoms with E-state index >= 15 is 0 Å². The molecule has 0 fully saturated rings. The third-order valence-electron chi connectivity index (χ3n) is 3.67.